The molecule has 5 nitrogen and oxygen atoms in total. The Bertz CT molecular complexity index is 708. The predicted octanol–water partition coefficient (Wildman–Crippen LogP) is 2.86. The number of amides is 1. The number of carbonyl (C=O) groups excluding carboxylic acids is 1. The summed E-state index contributed by atoms with van der Waals surface area (Å²) in [6.45, 7) is 4.18. The zero-order valence-corrected chi connectivity index (χ0v) is 12.9. The van der Waals surface area contributed by atoms with E-state index in [0.717, 1.165) is 22.6 Å². The number of aromatic nitrogens is 2. The van der Waals surface area contributed by atoms with E-state index < -0.39 is 0 Å². The van der Waals surface area contributed by atoms with E-state index in [1.807, 2.05) is 24.4 Å². The van der Waals surface area contributed by atoms with Crippen LogP contribution in [0.1, 0.15) is 37.1 Å². The van der Waals surface area contributed by atoms with Crippen LogP contribution < -0.4 is 10.6 Å². The van der Waals surface area contributed by atoms with Crippen molar-refractivity contribution in [1.29, 1.82) is 0 Å². The van der Waals surface area contributed by atoms with Crippen molar-refractivity contribution < 1.29 is 4.79 Å². The number of nitrogens with zero attached hydrogens (tertiary/aromatic N) is 2. The second-order valence-corrected chi connectivity index (χ2v) is 5.85. The van der Waals surface area contributed by atoms with E-state index in [-0.39, 0.29) is 11.9 Å². The highest BCUT2D eigenvalue weighted by molar-refractivity contribution is 6.32. The molecule has 1 aliphatic rings. The molecule has 2 aromatic rings. The molecule has 6 heteroatoms. The van der Waals surface area contributed by atoms with Gasteiger partial charge in [0.2, 0.25) is 5.91 Å². The van der Waals surface area contributed by atoms with Gasteiger partial charge in [-0.1, -0.05) is 25.4 Å². The van der Waals surface area contributed by atoms with Gasteiger partial charge in [0, 0.05) is 17.4 Å². The molecule has 1 unspecified atom stereocenters. The van der Waals surface area contributed by atoms with E-state index in [1.54, 1.807) is 11.7 Å². The summed E-state index contributed by atoms with van der Waals surface area (Å²) in [6, 6.07) is 5.31. The molecule has 0 fully saturated rings. The van der Waals surface area contributed by atoms with Crippen LogP contribution in [0.15, 0.2) is 24.4 Å². The van der Waals surface area contributed by atoms with Gasteiger partial charge >= 0.3 is 0 Å². The highest BCUT2D eigenvalue weighted by Gasteiger charge is 2.30. The van der Waals surface area contributed by atoms with E-state index in [9.17, 15) is 4.79 Å². The summed E-state index contributed by atoms with van der Waals surface area (Å²) in [6.07, 6.45) is 1.88. The molecule has 1 aromatic carbocycles. The SMILES string of the molecule is CNC1C(=O)Nc2cc(-n3ccc(C(C)C)n3)c(Cl)cc21. The summed E-state index contributed by atoms with van der Waals surface area (Å²) in [7, 11) is 1.75. The number of halogens is 1. The van der Waals surface area contributed by atoms with Crippen LogP contribution in [-0.4, -0.2) is 22.7 Å². The Balaban J connectivity index is 2.05. The van der Waals surface area contributed by atoms with Crippen LogP contribution in [0.3, 0.4) is 0 Å². The van der Waals surface area contributed by atoms with Crippen LogP contribution in [0, 0.1) is 0 Å². The van der Waals surface area contributed by atoms with Crippen LogP contribution in [-0.2, 0) is 4.79 Å². The molecular weight excluding hydrogens is 288 g/mol. The number of anilines is 1. The van der Waals surface area contributed by atoms with E-state index in [4.69, 9.17) is 11.6 Å². The van der Waals surface area contributed by atoms with E-state index >= 15 is 0 Å². The van der Waals surface area contributed by atoms with Gasteiger partial charge in [0.05, 0.1) is 16.4 Å². The van der Waals surface area contributed by atoms with Crippen molar-refractivity contribution in [2.24, 2.45) is 0 Å². The fourth-order valence-electron chi connectivity index (χ4n) is 2.51. The van der Waals surface area contributed by atoms with Crippen molar-refractivity contribution in [3.8, 4) is 5.69 Å². The van der Waals surface area contributed by atoms with Crippen molar-refractivity contribution in [3.63, 3.8) is 0 Å². The third kappa shape index (κ3) is 2.32. The number of nitrogens with one attached hydrogen (secondary N) is 2. The molecule has 0 radical (unpaired) electrons. The summed E-state index contributed by atoms with van der Waals surface area (Å²) in [5, 5.41) is 10.9. The zero-order valence-electron chi connectivity index (χ0n) is 12.1. The summed E-state index contributed by atoms with van der Waals surface area (Å²) in [4.78, 5) is 11.9. The molecule has 2 N–H and O–H groups in total. The minimum absolute atomic E-state index is 0.0657. The number of hydrogen-bond donors (Lipinski definition) is 2. The topological polar surface area (TPSA) is 59.0 Å². The lowest BCUT2D eigenvalue weighted by Gasteiger charge is -2.10. The summed E-state index contributed by atoms with van der Waals surface area (Å²) in [5.41, 5.74) is 3.41. The van der Waals surface area contributed by atoms with Gasteiger partial charge in [0.15, 0.2) is 0 Å². The molecule has 0 bridgehead atoms. The van der Waals surface area contributed by atoms with E-state index in [2.05, 4.69) is 29.6 Å². The Kier molecular flexibility index (Phi) is 3.47. The standard InChI is InChI=1S/C15H17ClN4O/c1-8(2)11-4-5-20(19-11)13-7-12-9(6-10(13)16)14(17-3)15(21)18-12/h4-8,14,17H,1-3H3,(H,18,21). The monoisotopic (exact) mass is 304 g/mol. The van der Waals surface area contributed by atoms with Crippen molar-refractivity contribution in [3.05, 3.63) is 40.7 Å². The molecule has 2 heterocycles. The Morgan fingerprint density at radius 1 is 1.43 bits per heavy atom. The minimum Gasteiger partial charge on any atom is -0.324 e. The Labute approximate surface area is 128 Å². The summed E-state index contributed by atoms with van der Waals surface area (Å²) in [5.74, 6) is 0.289. The average molecular weight is 305 g/mol. The van der Waals surface area contributed by atoms with Crippen LogP contribution in [0.4, 0.5) is 5.69 Å². The highest BCUT2D eigenvalue weighted by atomic mass is 35.5. The molecule has 0 saturated carbocycles. The van der Waals surface area contributed by atoms with Crippen molar-refractivity contribution in [1.82, 2.24) is 15.1 Å². The highest BCUT2D eigenvalue weighted by Crippen LogP contribution is 2.36. The van der Waals surface area contributed by atoms with Crippen molar-refractivity contribution in [2.75, 3.05) is 12.4 Å². The Morgan fingerprint density at radius 2 is 2.19 bits per heavy atom. The van der Waals surface area contributed by atoms with Gasteiger partial charge in [-0.15, -0.1) is 0 Å². The summed E-state index contributed by atoms with van der Waals surface area (Å²) >= 11 is 6.37. The van der Waals surface area contributed by atoms with Gasteiger partial charge < -0.3 is 10.6 Å². The van der Waals surface area contributed by atoms with Crippen molar-refractivity contribution >= 4 is 23.2 Å². The number of carbonyl (C=O) groups is 1. The molecular formula is C15H17ClN4O. The van der Waals surface area contributed by atoms with Crippen LogP contribution in [0.5, 0.6) is 0 Å². The lowest BCUT2D eigenvalue weighted by Crippen LogP contribution is -2.23. The molecule has 1 aliphatic heterocycles. The third-order valence-corrected chi connectivity index (χ3v) is 3.99. The van der Waals surface area contributed by atoms with Gasteiger partial charge in [0.25, 0.3) is 0 Å². The predicted molar refractivity (Wildman–Crippen MR) is 83.1 cm³/mol. The molecule has 0 spiro atoms. The minimum atomic E-state index is -0.351. The summed E-state index contributed by atoms with van der Waals surface area (Å²) < 4.78 is 1.75. The first-order valence-electron chi connectivity index (χ1n) is 6.88. The molecule has 21 heavy (non-hydrogen) atoms. The maximum absolute atomic E-state index is 11.9. The van der Waals surface area contributed by atoms with Crippen molar-refractivity contribution in [2.45, 2.75) is 25.8 Å². The average Bonchev–Trinajstić information content (AvgIpc) is 3.01. The fraction of sp³-hybridized carbons (Fsp3) is 0.333. The van der Waals surface area contributed by atoms with Crippen LogP contribution in [0.2, 0.25) is 5.02 Å². The van der Waals surface area contributed by atoms with Gasteiger partial charge in [-0.25, -0.2) is 4.68 Å². The largest absolute Gasteiger partial charge is 0.324 e. The molecule has 1 aromatic heterocycles. The van der Waals surface area contributed by atoms with Crippen LogP contribution in [0.25, 0.3) is 5.69 Å². The number of benzene rings is 1. The van der Waals surface area contributed by atoms with Gasteiger partial charge in [-0.2, -0.15) is 5.10 Å². The first-order valence-corrected chi connectivity index (χ1v) is 7.26. The van der Waals surface area contributed by atoms with Gasteiger partial charge in [-0.3, -0.25) is 4.79 Å². The van der Waals surface area contributed by atoms with E-state index in [1.165, 1.54) is 0 Å². The molecule has 110 valence electrons. The van der Waals surface area contributed by atoms with Gasteiger partial charge in [0.1, 0.15) is 6.04 Å². The lowest BCUT2D eigenvalue weighted by atomic mass is 10.1. The Hall–Kier alpha value is -1.85. The molecule has 1 atom stereocenters. The zero-order chi connectivity index (χ0) is 15.1. The number of fused-ring (bicyclic) bond motifs is 1. The second-order valence-electron chi connectivity index (χ2n) is 5.44. The molecule has 1 amide bonds. The maximum Gasteiger partial charge on any atom is 0.246 e. The van der Waals surface area contributed by atoms with E-state index in [0.29, 0.717) is 10.9 Å². The first-order chi connectivity index (χ1) is 10.0. The quantitative estimate of drug-likeness (QED) is 0.916. The maximum atomic E-state index is 11.9. The second kappa shape index (κ2) is 5.16. The lowest BCUT2D eigenvalue weighted by molar-refractivity contribution is -0.117. The van der Waals surface area contributed by atoms with Crippen LogP contribution >= 0.6 is 11.6 Å². The normalized spacial score (nSPS) is 17.2. The molecule has 0 aliphatic carbocycles. The van der Waals surface area contributed by atoms with Gasteiger partial charge in [-0.05, 0) is 31.2 Å². The smallest absolute Gasteiger partial charge is 0.246 e. The Morgan fingerprint density at radius 3 is 2.81 bits per heavy atom. The number of rotatable bonds is 3. The fourth-order valence-corrected chi connectivity index (χ4v) is 2.77. The molecule has 3 rings (SSSR count). The third-order valence-electron chi connectivity index (χ3n) is 3.69. The number of likely N-dealkylation sites (N-methyl/N-ethyl adjacent to an activating group) is 1. The number of hydrogen-bond acceptors (Lipinski definition) is 3. The first kappa shape index (κ1) is 14.1. The molecule has 0 saturated heterocycles.